The second-order valence-electron chi connectivity index (χ2n) is 6.78. The maximum absolute atomic E-state index is 13.1. The van der Waals surface area contributed by atoms with Gasteiger partial charge in [-0.2, -0.15) is 9.50 Å². The van der Waals surface area contributed by atoms with E-state index in [9.17, 15) is 9.18 Å². The van der Waals surface area contributed by atoms with Gasteiger partial charge in [-0.3, -0.25) is 4.79 Å². The van der Waals surface area contributed by atoms with Crippen LogP contribution < -0.4 is 5.32 Å². The molecule has 2 heterocycles. The van der Waals surface area contributed by atoms with Crippen molar-refractivity contribution in [1.29, 1.82) is 0 Å². The number of hydrogen-bond acceptors (Lipinski definition) is 4. The van der Waals surface area contributed by atoms with Crippen molar-refractivity contribution < 1.29 is 13.6 Å². The number of aromatic nitrogens is 3. The maximum Gasteiger partial charge on any atom is 0.325 e. The SMILES string of the molecule is CC(C)c1c(C(=O)NCc2ccccc2)oc2nc(-c3ccc(F)cc3)nn12. The van der Waals surface area contributed by atoms with Crippen LogP contribution in [0.15, 0.2) is 59.0 Å². The zero-order valence-corrected chi connectivity index (χ0v) is 15.5. The number of rotatable bonds is 5. The van der Waals surface area contributed by atoms with E-state index in [-0.39, 0.29) is 29.2 Å². The average Bonchev–Trinajstić information content (AvgIpc) is 3.25. The van der Waals surface area contributed by atoms with Crippen LogP contribution >= 0.6 is 0 Å². The fraction of sp³-hybridized carbons (Fsp3) is 0.190. The largest absolute Gasteiger partial charge is 0.416 e. The smallest absolute Gasteiger partial charge is 0.325 e. The van der Waals surface area contributed by atoms with E-state index in [0.717, 1.165) is 5.56 Å². The summed E-state index contributed by atoms with van der Waals surface area (Å²) in [5.74, 6) is 0.188. The van der Waals surface area contributed by atoms with Gasteiger partial charge in [0.15, 0.2) is 5.82 Å². The van der Waals surface area contributed by atoms with Crippen molar-refractivity contribution in [3.8, 4) is 11.4 Å². The molecule has 0 unspecified atom stereocenters. The van der Waals surface area contributed by atoms with Gasteiger partial charge in [0.2, 0.25) is 5.76 Å². The molecule has 0 spiro atoms. The molecule has 1 N–H and O–H groups in total. The first-order chi connectivity index (χ1) is 13.5. The molecular weight excluding hydrogens is 359 g/mol. The molecule has 4 rings (SSSR count). The Labute approximate surface area is 161 Å². The van der Waals surface area contributed by atoms with Crippen molar-refractivity contribution in [3.05, 3.63) is 77.4 Å². The Kier molecular flexibility index (Phi) is 4.65. The highest BCUT2D eigenvalue weighted by molar-refractivity contribution is 5.93. The van der Waals surface area contributed by atoms with Gasteiger partial charge in [0, 0.05) is 12.1 Å². The quantitative estimate of drug-likeness (QED) is 0.565. The highest BCUT2D eigenvalue weighted by Gasteiger charge is 2.25. The van der Waals surface area contributed by atoms with E-state index in [1.165, 1.54) is 12.1 Å². The van der Waals surface area contributed by atoms with Crippen molar-refractivity contribution in [2.24, 2.45) is 0 Å². The molecule has 0 aliphatic rings. The molecule has 6 nitrogen and oxygen atoms in total. The van der Waals surface area contributed by atoms with Crippen molar-refractivity contribution in [3.63, 3.8) is 0 Å². The lowest BCUT2D eigenvalue weighted by atomic mass is 10.1. The van der Waals surface area contributed by atoms with Gasteiger partial charge in [-0.15, -0.1) is 5.10 Å². The average molecular weight is 378 g/mol. The topological polar surface area (TPSA) is 72.4 Å². The van der Waals surface area contributed by atoms with Crippen LogP contribution in [0.3, 0.4) is 0 Å². The monoisotopic (exact) mass is 378 g/mol. The number of amides is 1. The second kappa shape index (κ2) is 7.26. The molecule has 1 amide bonds. The zero-order chi connectivity index (χ0) is 19.7. The molecule has 142 valence electrons. The minimum absolute atomic E-state index is 0.0125. The number of nitrogens with one attached hydrogen (secondary N) is 1. The Morgan fingerprint density at radius 2 is 1.86 bits per heavy atom. The van der Waals surface area contributed by atoms with Crippen LogP contribution in [0.4, 0.5) is 4.39 Å². The molecule has 7 heteroatoms. The molecule has 0 saturated carbocycles. The Morgan fingerprint density at radius 3 is 2.54 bits per heavy atom. The Bertz CT molecular complexity index is 1110. The summed E-state index contributed by atoms with van der Waals surface area (Å²) in [6.07, 6.45) is 0. The van der Waals surface area contributed by atoms with Gasteiger partial charge in [-0.25, -0.2) is 4.39 Å². The van der Waals surface area contributed by atoms with Gasteiger partial charge in [-0.05, 0) is 35.7 Å². The number of hydrogen-bond donors (Lipinski definition) is 1. The molecule has 0 aliphatic heterocycles. The van der Waals surface area contributed by atoms with Crippen LogP contribution in [0.2, 0.25) is 0 Å². The second-order valence-corrected chi connectivity index (χ2v) is 6.78. The molecule has 2 aromatic heterocycles. The third kappa shape index (κ3) is 3.38. The van der Waals surface area contributed by atoms with Gasteiger partial charge < -0.3 is 9.73 Å². The number of halogens is 1. The number of oxazole rings is 1. The normalized spacial score (nSPS) is 11.3. The molecule has 4 aromatic rings. The number of fused-ring (bicyclic) bond motifs is 1. The van der Waals surface area contributed by atoms with Crippen LogP contribution in [0.5, 0.6) is 0 Å². The van der Waals surface area contributed by atoms with E-state index >= 15 is 0 Å². The molecule has 28 heavy (non-hydrogen) atoms. The van der Waals surface area contributed by atoms with Crippen LogP contribution in [-0.2, 0) is 6.54 Å². The first-order valence-corrected chi connectivity index (χ1v) is 9.00. The van der Waals surface area contributed by atoms with E-state index in [2.05, 4.69) is 15.4 Å². The minimum atomic E-state index is -0.327. The van der Waals surface area contributed by atoms with Crippen molar-refractivity contribution in [2.45, 2.75) is 26.3 Å². The fourth-order valence-electron chi connectivity index (χ4n) is 3.01. The van der Waals surface area contributed by atoms with Crippen molar-refractivity contribution in [1.82, 2.24) is 19.9 Å². The highest BCUT2D eigenvalue weighted by Crippen LogP contribution is 2.26. The highest BCUT2D eigenvalue weighted by atomic mass is 19.1. The van der Waals surface area contributed by atoms with Crippen LogP contribution in [0, 0.1) is 5.82 Å². The van der Waals surface area contributed by atoms with Crippen molar-refractivity contribution in [2.75, 3.05) is 0 Å². The van der Waals surface area contributed by atoms with Gasteiger partial charge in [0.05, 0.1) is 5.69 Å². The summed E-state index contributed by atoms with van der Waals surface area (Å²) in [6, 6.07) is 15.6. The summed E-state index contributed by atoms with van der Waals surface area (Å²) in [4.78, 5) is 17.0. The molecule has 0 radical (unpaired) electrons. The van der Waals surface area contributed by atoms with Gasteiger partial charge >= 0.3 is 5.84 Å². The number of benzene rings is 2. The predicted octanol–water partition coefficient (Wildman–Crippen LogP) is 4.18. The summed E-state index contributed by atoms with van der Waals surface area (Å²) in [6.45, 7) is 4.31. The minimum Gasteiger partial charge on any atom is -0.416 e. The summed E-state index contributed by atoms with van der Waals surface area (Å²) in [5, 5.41) is 7.34. The van der Waals surface area contributed by atoms with Crippen LogP contribution in [-0.4, -0.2) is 20.5 Å². The van der Waals surface area contributed by atoms with Gasteiger partial charge in [-0.1, -0.05) is 44.2 Å². The first-order valence-electron chi connectivity index (χ1n) is 9.00. The van der Waals surface area contributed by atoms with Gasteiger partial charge in [0.25, 0.3) is 5.91 Å². The van der Waals surface area contributed by atoms with E-state index < -0.39 is 0 Å². The standard InChI is InChI=1S/C21H19FN4O2/c1-13(2)17-18(20(27)23-12-14-6-4-3-5-7-14)28-21-24-19(25-26(17)21)15-8-10-16(22)11-9-15/h3-11,13H,12H2,1-2H3,(H,23,27). The molecule has 0 saturated heterocycles. The number of nitrogens with zero attached hydrogens (tertiary/aromatic N) is 3. The maximum atomic E-state index is 13.1. The Morgan fingerprint density at radius 1 is 1.14 bits per heavy atom. The van der Waals surface area contributed by atoms with Crippen LogP contribution in [0.25, 0.3) is 17.2 Å². The first kappa shape index (κ1) is 17.9. The summed E-state index contributed by atoms with van der Waals surface area (Å²) < 4.78 is 20.4. The van der Waals surface area contributed by atoms with E-state index in [0.29, 0.717) is 23.6 Å². The van der Waals surface area contributed by atoms with E-state index in [1.54, 1.807) is 16.6 Å². The molecule has 0 fully saturated rings. The molecule has 0 aliphatic carbocycles. The Balaban J connectivity index is 1.65. The van der Waals surface area contributed by atoms with Gasteiger partial charge in [0.1, 0.15) is 5.82 Å². The lowest BCUT2D eigenvalue weighted by molar-refractivity contribution is 0.0923. The summed E-state index contributed by atoms with van der Waals surface area (Å²) in [5.41, 5.74) is 2.31. The van der Waals surface area contributed by atoms with Crippen molar-refractivity contribution >= 4 is 11.8 Å². The third-order valence-corrected chi connectivity index (χ3v) is 4.38. The van der Waals surface area contributed by atoms with E-state index in [1.807, 2.05) is 44.2 Å². The lowest BCUT2D eigenvalue weighted by Gasteiger charge is -2.07. The third-order valence-electron chi connectivity index (χ3n) is 4.38. The molecule has 0 bridgehead atoms. The summed E-state index contributed by atoms with van der Waals surface area (Å²) >= 11 is 0. The lowest BCUT2D eigenvalue weighted by Crippen LogP contribution is -2.24. The fourth-order valence-corrected chi connectivity index (χ4v) is 3.01. The molecule has 0 atom stereocenters. The number of carbonyl (C=O) groups excluding carboxylic acids is 1. The number of carbonyl (C=O) groups is 1. The molecule has 2 aromatic carbocycles. The molecular formula is C21H19FN4O2. The predicted molar refractivity (Wildman–Crippen MR) is 102 cm³/mol. The van der Waals surface area contributed by atoms with Crippen LogP contribution in [0.1, 0.15) is 41.6 Å². The Hall–Kier alpha value is -3.48. The summed E-state index contributed by atoms with van der Waals surface area (Å²) in [7, 11) is 0. The zero-order valence-electron chi connectivity index (χ0n) is 15.5. The van der Waals surface area contributed by atoms with E-state index in [4.69, 9.17) is 4.42 Å².